The average molecular weight is 260 g/mol. The number of rotatable bonds is 5. The number of carboxylic acids is 1. The fourth-order valence-electron chi connectivity index (χ4n) is 2.14. The van der Waals surface area contributed by atoms with E-state index in [0.717, 1.165) is 29.7 Å². The molecule has 2 rings (SSSR count). The molecule has 0 atom stereocenters. The average Bonchev–Trinajstić information content (AvgIpc) is 3.14. The molecule has 0 aromatic heterocycles. The Bertz CT molecular complexity index is 525. The van der Waals surface area contributed by atoms with Crippen LogP contribution in [-0.2, 0) is 4.79 Å². The number of hydrogen-bond donors (Lipinski definition) is 1. The van der Waals surface area contributed by atoms with Crippen LogP contribution in [0, 0.1) is 26.7 Å². The van der Waals surface area contributed by atoms with Crippen molar-refractivity contribution >= 4 is 5.97 Å². The predicted octanol–water partition coefficient (Wildman–Crippen LogP) is 3.41. The molecule has 0 spiro atoms. The fraction of sp³-hybridized carbons (Fsp3) is 0.438. The lowest BCUT2D eigenvalue weighted by atomic mass is 10.1. The van der Waals surface area contributed by atoms with Crippen LogP contribution in [0.3, 0.4) is 0 Å². The van der Waals surface area contributed by atoms with E-state index in [-0.39, 0.29) is 0 Å². The van der Waals surface area contributed by atoms with Crippen molar-refractivity contribution in [2.24, 2.45) is 5.92 Å². The quantitative estimate of drug-likeness (QED) is 0.825. The van der Waals surface area contributed by atoms with Crippen molar-refractivity contribution in [3.05, 3.63) is 40.5 Å². The normalized spacial score (nSPS) is 15.4. The number of aryl methyl sites for hydroxylation is 3. The Balaban J connectivity index is 2.09. The molecule has 1 aromatic rings. The second kappa shape index (κ2) is 5.47. The first-order valence-corrected chi connectivity index (χ1v) is 6.61. The van der Waals surface area contributed by atoms with Crippen molar-refractivity contribution in [1.82, 2.24) is 0 Å². The van der Waals surface area contributed by atoms with Gasteiger partial charge in [-0.3, -0.25) is 0 Å². The Morgan fingerprint density at radius 2 is 1.89 bits per heavy atom. The van der Waals surface area contributed by atoms with Gasteiger partial charge in [0.05, 0.1) is 0 Å². The van der Waals surface area contributed by atoms with Crippen molar-refractivity contribution in [2.45, 2.75) is 33.6 Å². The highest BCUT2D eigenvalue weighted by Gasteiger charge is 2.27. The minimum atomic E-state index is -0.887. The van der Waals surface area contributed by atoms with Crippen LogP contribution in [0.15, 0.2) is 23.8 Å². The van der Waals surface area contributed by atoms with Gasteiger partial charge in [0.15, 0.2) is 0 Å². The number of ether oxygens (including phenoxy) is 1. The second-order valence-corrected chi connectivity index (χ2v) is 5.32. The number of hydrogen-bond acceptors (Lipinski definition) is 2. The van der Waals surface area contributed by atoms with Crippen LogP contribution in [0.25, 0.3) is 0 Å². The molecule has 0 saturated heterocycles. The summed E-state index contributed by atoms with van der Waals surface area (Å²) >= 11 is 0. The van der Waals surface area contributed by atoms with Crippen LogP contribution in [-0.4, -0.2) is 17.7 Å². The van der Waals surface area contributed by atoms with E-state index in [9.17, 15) is 4.79 Å². The summed E-state index contributed by atoms with van der Waals surface area (Å²) in [6.45, 7) is 6.52. The lowest BCUT2D eigenvalue weighted by Crippen LogP contribution is -2.07. The van der Waals surface area contributed by atoms with Crippen molar-refractivity contribution in [2.75, 3.05) is 6.61 Å². The van der Waals surface area contributed by atoms with Crippen molar-refractivity contribution in [3.8, 4) is 5.75 Å². The molecule has 102 valence electrons. The van der Waals surface area contributed by atoms with E-state index in [1.165, 1.54) is 17.2 Å². The molecule has 1 aliphatic carbocycles. The molecular formula is C16H20O3. The number of carbonyl (C=O) groups is 1. The van der Waals surface area contributed by atoms with Gasteiger partial charge in [-0.25, -0.2) is 4.79 Å². The zero-order chi connectivity index (χ0) is 14.0. The number of aliphatic carboxylic acids is 1. The smallest absolute Gasteiger partial charge is 0.328 e. The molecule has 0 heterocycles. The van der Waals surface area contributed by atoms with Crippen LogP contribution in [0.5, 0.6) is 5.75 Å². The summed E-state index contributed by atoms with van der Waals surface area (Å²) in [5.74, 6) is 0.366. The van der Waals surface area contributed by atoms with E-state index in [0.29, 0.717) is 12.5 Å². The molecule has 0 amide bonds. The van der Waals surface area contributed by atoms with Gasteiger partial charge in [-0.1, -0.05) is 6.07 Å². The highest BCUT2D eigenvalue weighted by Crippen LogP contribution is 2.37. The van der Waals surface area contributed by atoms with Crippen LogP contribution < -0.4 is 4.74 Å². The molecule has 1 fully saturated rings. The number of benzene rings is 1. The van der Waals surface area contributed by atoms with Crippen LogP contribution in [0.1, 0.15) is 29.5 Å². The monoisotopic (exact) mass is 260 g/mol. The molecule has 1 aliphatic rings. The first-order valence-electron chi connectivity index (χ1n) is 6.61. The minimum Gasteiger partial charge on any atom is -0.489 e. The Kier molecular flexibility index (Phi) is 3.93. The molecular weight excluding hydrogens is 240 g/mol. The minimum absolute atomic E-state index is 0.375. The lowest BCUT2D eigenvalue weighted by Gasteiger charge is -2.13. The topological polar surface area (TPSA) is 46.5 Å². The van der Waals surface area contributed by atoms with Gasteiger partial charge in [-0.15, -0.1) is 0 Å². The van der Waals surface area contributed by atoms with Gasteiger partial charge < -0.3 is 9.84 Å². The Morgan fingerprint density at radius 3 is 2.47 bits per heavy atom. The Morgan fingerprint density at radius 1 is 1.26 bits per heavy atom. The predicted molar refractivity (Wildman–Crippen MR) is 74.6 cm³/mol. The number of carboxylic acid groups (broad SMARTS) is 1. The van der Waals surface area contributed by atoms with E-state index < -0.39 is 5.97 Å². The molecule has 0 unspecified atom stereocenters. The second-order valence-electron chi connectivity index (χ2n) is 5.32. The van der Waals surface area contributed by atoms with Gasteiger partial charge in [0, 0.05) is 6.08 Å². The molecule has 3 heteroatoms. The molecule has 0 aliphatic heterocycles. The van der Waals surface area contributed by atoms with Gasteiger partial charge in [0.25, 0.3) is 0 Å². The van der Waals surface area contributed by atoms with Crippen molar-refractivity contribution in [3.63, 3.8) is 0 Å². The molecule has 3 nitrogen and oxygen atoms in total. The molecule has 1 aromatic carbocycles. The van der Waals surface area contributed by atoms with E-state index in [2.05, 4.69) is 19.9 Å². The van der Waals surface area contributed by atoms with Gasteiger partial charge in [-0.2, -0.15) is 0 Å². The van der Waals surface area contributed by atoms with Crippen LogP contribution in [0.2, 0.25) is 0 Å². The fourth-order valence-corrected chi connectivity index (χ4v) is 2.14. The molecule has 19 heavy (non-hydrogen) atoms. The summed E-state index contributed by atoms with van der Waals surface area (Å²) in [6.07, 6.45) is 3.46. The SMILES string of the molecule is Cc1cc(C)c(OC/C(=C/C(=O)O)C2CC2)cc1C. The molecule has 0 bridgehead atoms. The van der Waals surface area contributed by atoms with Gasteiger partial charge in [-0.05, 0) is 67.9 Å². The third kappa shape index (κ3) is 3.60. The van der Waals surface area contributed by atoms with Gasteiger partial charge in [0.2, 0.25) is 0 Å². The molecule has 0 radical (unpaired) electrons. The lowest BCUT2D eigenvalue weighted by molar-refractivity contribution is -0.131. The standard InChI is InChI=1S/C16H20O3/c1-10-6-12(3)15(7-11(10)2)19-9-14(8-16(17)18)13-4-5-13/h6-8,13H,4-5,9H2,1-3H3,(H,17,18)/b14-8-. The summed E-state index contributed by atoms with van der Waals surface area (Å²) in [7, 11) is 0. The third-order valence-electron chi connectivity index (χ3n) is 3.60. The largest absolute Gasteiger partial charge is 0.489 e. The maximum absolute atomic E-state index is 10.8. The summed E-state index contributed by atoms with van der Waals surface area (Å²) < 4.78 is 5.81. The first-order chi connectivity index (χ1) is 8.97. The van der Waals surface area contributed by atoms with E-state index in [1.807, 2.05) is 13.0 Å². The summed E-state index contributed by atoms with van der Waals surface area (Å²) in [4.78, 5) is 10.8. The Labute approximate surface area is 113 Å². The maximum Gasteiger partial charge on any atom is 0.328 e. The maximum atomic E-state index is 10.8. The first kappa shape index (κ1) is 13.7. The molecule has 1 saturated carbocycles. The van der Waals surface area contributed by atoms with E-state index in [4.69, 9.17) is 9.84 Å². The highest BCUT2D eigenvalue weighted by atomic mass is 16.5. The van der Waals surface area contributed by atoms with Gasteiger partial charge in [0.1, 0.15) is 12.4 Å². The summed E-state index contributed by atoms with van der Waals surface area (Å²) in [6, 6.07) is 4.12. The van der Waals surface area contributed by atoms with Crippen molar-refractivity contribution < 1.29 is 14.6 Å². The highest BCUT2D eigenvalue weighted by molar-refractivity contribution is 5.81. The Hall–Kier alpha value is -1.77. The summed E-state index contributed by atoms with van der Waals surface area (Å²) in [5, 5.41) is 8.86. The third-order valence-corrected chi connectivity index (χ3v) is 3.60. The van der Waals surface area contributed by atoms with Gasteiger partial charge >= 0.3 is 5.97 Å². The zero-order valence-corrected chi connectivity index (χ0v) is 11.7. The van der Waals surface area contributed by atoms with E-state index >= 15 is 0 Å². The van der Waals surface area contributed by atoms with E-state index in [1.54, 1.807) is 0 Å². The van der Waals surface area contributed by atoms with Crippen LogP contribution >= 0.6 is 0 Å². The molecule has 1 N–H and O–H groups in total. The summed E-state index contributed by atoms with van der Waals surface area (Å²) in [5.41, 5.74) is 4.42. The zero-order valence-electron chi connectivity index (χ0n) is 11.7. The van der Waals surface area contributed by atoms with Crippen molar-refractivity contribution in [1.29, 1.82) is 0 Å². The van der Waals surface area contributed by atoms with Crippen LogP contribution in [0.4, 0.5) is 0 Å².